The van der Waals surface area contributed by atoms with E-state index in [4.69, 9.17) is 9.47 Å². The van der Waals surface area contributed by atoms with Gasteiger partial charge in [-0.1, -0.05) is 0 Å². The average Bonchev–Trinajstić information content (AvgIpc) is 3.06. The Morgan fingerprint density at radius 3 is 2.70 bits per heavy atom. The number of rotatable bonds is 8. The molecule has 0 saturated carbocycles. The molecule has 0 unspecified atom stereocenters. The van der Waals surface area contributed by atoms with Crippen molar-refractivity contribution in [3.8, 4) is 5.75 Å². The maximum atomic E-state index is 11.9. The van der Waals surface area contributed by atoms with Gasteiger partial charge in [0.15, 0.2) is 0 Å². The van der Waals surface area contributed by atoms with E-state index >= 15 is 0 Å². The lowest BCUT2D eigenvalue weighted by Gasteiger charge is -2.11. The first kappa shape index (κ1) is 17.7. The molecule has 1 amide bonds. The third kappa shape index (κ3) is 5.81. The molecule has 1 aromatic carbocycles. The fraction of sp³-hybridized carbons (Fsp3) is 0.533. The zero-order valence-electron chi connectivity index (χ0n) is 13.1. The van der Waals surface area contributed by atoms with Crippen molar-refractivity contribution in [3.05, 3.63) is 29.8 Å². The summed E-state index contributed by atoms with van der Waals surface area (Å²) in [5.74, 6) is 0.172. The summed E-state index contributed by atoms with van der Waals surface area (Å²) in [6, 6.07) is 6.60. The number of carbonyl (C=O) groups is 1. The van der Waals surface area contributed by atoms with E-state index in [9.17, 15) is 13.2 Å². The van der Waals surface area contributed by atoms with Crippen LogP contribution in [0.25, 0.3) is 0 Å². The molecule has 7 nitrogen and oxygen atoms in total. The largest absolute Gasteiger partial charge is 0.497 e. The highest BCUT2D eigenvalue weighted by molar-refractivity contribution is 7.89. The van der Waals surface area contributed by atoms with Crippen LogP contribution in [0.1, 0.15) is 23.2 Å². The summed E-state index contributed by atoms with van der Waals surface area (Å²) in [7, 11) is -1.88. The minimum Gasteiger partial charge on any atom is -0.497 e. The molecule has 2 N–H and O–H groups in total. The topological polar surface area (TPSA) is 93.7 Å². The first-order valence-corrected chi connectivity index (χ1v) is 9.16. The summed E-state index contributed by atoms with van der Waals surface area (Å²) in [5, 5.41) is 2.59. The number of methoxy groups -OCH3 is 1. The Hall–Kier alpha value is -1.64. The average molecular weight is 342 g/mol. The van der Waals surface area contributed by atoms with Gasteiger partial charge in [0, 0.05) is 25.3 Å². The van der Waals surface area contributed by atoms with Gasteiger partial charge in [0.25, 0.3) is 5.91 Å². The highest BCUT2D eigenvalue weighted by Crippen LogP contribution is 2.11. The van der Waals surface area contributed by atoms with Crippen LogP contribution in [-0.4, -0.2) is 53.0 Å². The van der Waals surface area contributed by atoms with E-state index in [1.165, 1.54) is 0 Å². The molecule has 1 aliphatic heterocycles. The van der Waals surface area contributed by atoms with Crippen molar-refractivity contribution in [1.29, 1.82) is 0 Å². The van der Waals surface area contributed by atoms with Crippen molar-refractivity contribution < 1.29 is 22.7 Å². The zero-order valence-corrected chi connectivity index (χ0v) is 13.9. The SMILES string of the molecule is COc1ccc(C(=O)NCCS(=O)(=O)NC[C@@H]2CCCO2)cc1. The fourth-order valence-electron chi connectivity index (χ4n) is 2.24. The normalized spacial score (nSPS) is 17.9. The second-order valence-electron chi connectivity index (χ2n) is 5.29. The van der Waals surface area contributed by atoms with E-state index < -0.39 is 10.0 Å². The van der Waals surface area contributed by atoms with Crippen molar-refractivity contribution in [2.75, 3.05) is 32.6 Å². The van der Waals surface area contributed by atoms with Crippen LogP contribution in [0.4, 0.5) is 0 Å². The van der Waals surface area contributed by atoms with Crippen molar-refractivity contribution in [3.63, 3.8) is 0 Å². The third-order valence-electron chi connectivity index (χ3n) is 3.56. The highest BCUT2D eigenvalue weighted by atomic mass is 32.2. The monoisotopic (exact) mass is 342 g/mol. The van der Waals surface area contributed by atoms with Gasteiger partial charge in [0.05, 0.1) is 19.0 Å². The lowest BCUT2D eigenvalue weighted by Crippen LogP contribution is -2.37. The van der Waals surface area contributed by atoms with Crippen LogP contribution in [0.3, 0.4) is 0 Å². The van der Waals surface area contributed by atoms with E-state index in [0.29, 0.717) is 17.9 Å². The molecular formula is C15H22N2O5S. The number of hydrogen-bond acceptors (Lipinski definition) is 5. The van der Waals surface area contributed by atoms with Gasteiger partial charge in [0.1, 0.15) is 5.75 Å². The van der Waals surface area contributed by atoms with Crippen LogP contribution in [0.2, 0.25) is 0 Å². The molecule has 1 atom stereocenters. The van der Waals surface area contributed by atoms with E-state index in [2.05, 4.69) is 10.0 Å². The lowest BCUT2D eigenvalue weighted by atomic mass is 10.2. The maximum absolute atomic E-state index is 11.9. The van der Waals surface area contributed by atoms with E-state index in [1.54, 1.807) is 31.4 Å². The molecule has 0 bridgehead atoms. The Morgan fingerprint density at radius 1 is 1.35 bits per heavy atom. The molecule has 2 rings (SSSR count). The summed E-state index contributed by atoms with van der Waals surface area (Å²) in [6.07, 6.45) is 1.79. The molecule has 1 saturated heterocycles. The number of benzene rings is 1. The Labute approximate surface area is 136 Å². The Morgan fingerprint density at radius 2 is 2.09 bits per heavy atom. The lowest BCUT2D eigenvalue weighted by molar-refractivity contribution is 0.0956. The summed E-state index contributed by atoms with van der Waals surface area (Å²) >= 11 is 0. The van der Waals surface area contributed by atoms with Gasteiger partial charge in [-0.05, 0) is 37.1 Å². The summed E-state index contributed by atoms with van der Waals surface area (Å²) < 4.78 is 36.6. The quantitative estimate of drug-likeness (QED) is 0.718. The fourth-order valence-corrected chi connectivity index (χ4v) is 3.20. The number of carbonyl (C=O) groups excluding carboxylic acids is 1. The Kier molecular flexibility index (Phi) is 6.37. The van der Waals surface area contributed by atoms with Crippen molar-refractivity contribution in [1.82, 2.24) is 10.0 Å². The number of sulfonamides is 1. The van der Waals surface area contributed by atoms with Gasteiger partial charge < -0.3 is 14.8 Å². The standard InChI is InChI=1S/C15H22N2O5S/c1-21-13-6-4-12(5-7-13)15(18)16-8-10-23(19,20)17-11-14-3-2-9-22-14/h4-7,14,17H,2-3,8-11H2,1H3,(H,16,18)/t14-/m0/s1. The van der Waals surface area contributed by atoms with Gasteiger partial charge in [-0.15, -0.1) is 0 Å². The maximum Gasteiger partial charge on any atom is 0.251 e. The number of amides is 1. The first-order chi connectivity index (χ1) is 11.0. The molecule has 23 heavy (non-hydrogen) atoms. The molecule has 1 heterocycles. The molecular weight excluding hydrogens is 320 g/mol. The van der Waals surface area contributed by atoms with E-state index in [-0.39, 0.29) is 30.9 Å². The van der Waals surface area contributed by atoms with Gasteiger partial charge in [0.2, 0.25) is 10.0 Å². The van der Waals surface area contributed by atoms with Crippen LogP contribution in [0.5, 0.6) is 5.75 Å². The Bertz CT molecular complexity index is 609. The molecule has 0 spiro atoms. The molecule has 128 valence electrons. The smallest absolute Gasteiger partial charge is 0.251 e. The first-order valence-electron chi connectivity index (χ1n) is 7.51. The van der Waals surface area contributed by atoms with E-state index in [0.717, 1.165) is 12.8 Å². The van der Waals surface area contributed by atoms with Gasteiger partial charge in [-0.25, -0.2) is 13.1 Å². The second-order valence-corrected chi connectivity index (χ2v) is 7.21. The molecule has 1 aliphatic rings. The second kappa shape index (κ2) is 8.28. The molecule has 0 aliphatic carbocycles. The third-order valence-corrected chi connectivity index (χ3v) is 4.91. The summed E-state index contributed by atoms with van der Waals surface area (Å²) in [6.45, 7) is 1.02. The summed E-state index contributed by atoms with van der Waals surface area (Å²) in [5.41, 5.74) is 0.454. The van der Waals surface area contributed by atoms with Gasteiger partial charge in [-0.2, -0.15) is 0 Å². The number of nitrogens with one attached hydrogen (secondary N) is 2. The van der Waals surface area contributed by atoms with Crippen molar-refractivity contribution in [2.45, 2.75) is 18.9 Å². The van der Waals surface area contributed by atoms with Gasteiger partial charge in [-0.3, -0.25) is 4.79 Å². The highest BCUT2D eigenvalue weighted by Gasteiger charge is 2.19. The molecule has 0 radical (unpaired) electrons. The zero-order chi connectivity index (χ0) is 16.7. The number of hydrogen-bond donors (Lipinski definition) is 2. The predicted octanol–water partition coefficient (Wildman–Crippen LogP) is 0.523. The predicted molar refractivity (Wildman–Crippen MR) is 86.1 cm³/mol. The molecule has 1 aromatic rings. The molecule has 1 fully saturated rings. The van der Waals surface area contributed by atoms with Crippen LogP contribution in [-0.2, 0) is 14.8 Å². The van der Waals surface area contributed by atoms with Crippen LogP contribution in [0.15, 0.2) is 24.3 Å². The van der Waals surface area contributed by atoms with Gasteiger partial charge >= 0.3 is 0 Å². The van der Waals surface area contributed by atoms with Crippen LogP contribution >= 0.6 is 0 Å². The summed E-state index contributed by atoms with van der Waals surface area (Å²) in [4.78, 5) is 11.9. The number of ether oxygens (including phenoxy) is 2. The van der Waals surface area contributed by atoms with E-state index in [1.807, 2.05) is 0 Å². The van der Waals surface area contributed by atoms with Crippen molar-refractivity contribution >= 4 is 15.9 Å². The minimum absolute atomic E-state index is 0.0429. The van der Waals surface area contributed by atoms with Crippen molar-refractivity contribution in [2.24, 2.45) is 0 Å². The molecule has 0 aromatic heterocycles. The Balaban J connectivity index is 1.72. The molecule has 8 heteroatoms. The van der Waals surface area contributed by atoms with Crippen LogP contribution < -0.4 is 14.8 Å². The minimum atomic E-state index is -3.42. The van der Waals surface area contributed by atoms with Crippen LogP contribution in [0, 0.1) is 0 Å².